The molecule has 3 aromatic rings. The van der Waals surface area contributed by atoms with Gasteiger partial charge in [-0.15, -0.1) is 0 Å². The molecule has 3 aliphatic rings. The number of benzene rings is 1. The quantitative estimate of drug-likeness (QED) is 0.642. The number of carbonyl (C=O) groups excluding carboxylic acids is 1. The van der Waals surface area contributed by atoms with Crippen LogP contribution in [0.5, 0.6) is 11.5 Å². The van der Waals surface area contributed by atoms with E-state index in [0.717, 1.165) is 25.2 Å². The van der Waals surface area contributed by atoms with Gasteiger partial charge in [0.25, 0.3) is 5.56 Å². The summed E-state index contributed by atoms with van der Waals surface area (Å²) in [5.41, 5.74) is 2.21. The Morgan fingerprint density at radius 3 is 2.81 bits per heavy atom. The zero-order valence-electron chi connectivity index (χ0n) is 17.4. The molecule has 6 rings (SSSR count). The van der Waals surface area contributed by atoms with Crippen molar-refractivity contribution in [2.75, 3.05) is 13.1 Å². The molecule has 0 aliphatic carbocycles. The number of hydrogen-bond acceptors (Lipinski definition) is 6. The molecule has 2 bridgehead atoms. The van der Waals surface area contributed by atoms with Gasteiger partial charge in [0.1, 0.15) is 17.3 Å². The fraction of sp³-hybridized carbons (Fsp3) is 0.280. The number of Topliss-reactive ketones (excluding diaryl/α,β-unsaturated/α-hetero) is 1. The number of fused-ring (bicyclic) bond motifs is 5. The molecular formula is C25H22N2O5. The third-order valence-corrected chi connectivity index (χ3v) is 6.67. The van der Waals surface area contributed by atoms with Gasteiger partial charge < -0.3 is 18.8 Å². The molecule has 2 atom stereocenters. The number of nitrogens with zero attached hydrogens (tertiary/aromatic N) is 2. The van der Waals surface area contributed by atoms with Crippen molar-refractivity contribution in [3.63, 3.8) is 0 Å². The van der Waals surface area contributed by atoms with Crippen molar-refractivity contribution in [1.29, 1.82) is 0 Å². The Kier molecular flexibility index (Phi) is 4.33. The SMILES string of the molecule is O=C1/C(=C/c2ccco2)Oc2c1ccc(O)c2CN1C[C@H]2C[C@@H](C1)c1cccc(=O)n1C2. The van der Waals surface area contributed by atoms with Gasteiger partial charge in [-0.2, -0.15) is 0 Å². The molecule has 32 heavy (non-hydrogen) atoms. The molecule has 7 nitrogen and oxygen atoms in total. The van der Waals surface area contributed by atoms with Crippen molar-refractivity contribution in [3.8, 4) is 11.5 Å². The minimum absolute atomic E-state index is 0.0620. The average molecular weight is 430 g/mol. The highest BCUT2D eigenvalue weighted by atomic mass is 16.5. The topological polar surface area (TPSA) is 84.9 Å². The number of hydrogen-bond donors (Lipinski definition) is 1. The molecule has 1 N–H and O–H groups in total. The Morgan fingerprint density at radius 1 is 1.06 bits per heavy atom. The number of pyridine rings is 1. The van der Waals surface area contributed by atoms with Crippen LogP contribution >= 0.6 is 0 Å². The van der Waals surface area contributed by atoms with Crippen molar-refractivity contribution in [3.05, 3.63) is 87.4 Å². The summed E-state index contributed by atoms with van der Waals surface area (Å²) in [6, 6.07) is 12.1. The Hall–Kier alpha value is -3.58. The maximum absolute atomic E-state index is 12.8. The number of phenolic OH excluding ortho intramolecular Hbond substituents is 1. The van der Waals surface area contributed by atoms with Gasteiger partial charge in [0.15, 0.2) is 5.76 Å². The highest BCUT2D eigenvalue weighted by Crippen LogP contribution is 2.42. The van der Waals surface area contributed by atoms with E-state index in [4.69, 9.17) is 9.15 Å². The van der Waals surface area contributed by atoms with E-state index in [0.29, 0.717) is 41.6 Å². The summed E-state index contributed by atoms with van der Waals surface area (Å²) < 4.78 is 13.1. The largest absolute Gasteiger partial charge is 0.507 e. The zero-order chi connectivity index (χ0) is 21.8. The predicted molar refractivity (Wildman–Crippen MR) is 117 cm³/mol. The van der Waals surface area contributed by atoms with Crippen LogP contribution in [0.25, 0.3) is 6.08 Å². The van der Waals surface area contributed by atoms with Gasteiger partial charge in [-0.3, -0.25) is 14.5 Å². The molecule has 1 fully saturated rings. The zero-order valence-corrected chi connectivity index (χ0v) is 17.4. The second-order valence-corrected chi connectivity index (χ2v) is 8.79. The lowest BCUT2D eigenvalue weighted by Crippen LogP contribution is -2.46. The van der Waals surface area contributed by atoms with Gasteiger partial charge >= 0.3 is 0 Å². The van der Waals surface area contributed by atoms with Crippen LogP contribution in [0.3, 0.4) is 0 Å². The summed E-state index contributed by atoms with van der Waals surface area (Å²) in [6.07, 6.45) is 4.17. The fourth-order valence-corrected chi connectivity index (χ4v) is 5.30. The minimum Gasteiger partial charge on any atom is -0.507 e. The molecule has 0 amide bonds. The second kappa shape index (κ2) is 7.24. The Morgan fingerprint density at radius 2 is 1.97 bits per heavy atom. The summed E-state index contributed by atoms with van der Waals surface area (Å²) in [5.74, 6) is 1.67. The molecule has 1 saturated heterocycles. The lowest BCUT2D eigenvalue weighted by Gasteiger charge is -2.42. The van der Waals surface area contributed by atoms with Crippen molar-refractivity contribution in [1.82, 2.24) is 9.47 Å². The van der Waals surface area contributed by atoms with Gasteiger partial charge in [0.05, 0.1) is 17.4 Å². The lowest BCUT2D eigenvalue weighted by atomic mass is 9.83. The Balaban J connectivity index is 1.29. The summed E-state index contributed by atoms with van der Waals surface area (Å²) in [7, 11) is 0. The van der Waals surface area contributed by atoms with Crippen LogP contribution in [0.2, 0.25) is 0 Å². The molecule has 0 spiro atoms. The second-order valence-electron chi connectivity index (χ2n) is 8.79. The lowest BCUT2D eigenvalue weighted by molar-refractivity contribution is 0.101. The Labute approximate surface area is 184 Å². The number of carbonyl (C=O) groups is 1. The number of piperidine rings is 1. The average Bonchev–Trinajstić information content (AvgIpc) is 3.40. The number of aromatic hydroxyl groups is 1. The van der Waals surface area contributed by atoms with Crippen LogP contribution in [-0.2, 0) is 13.1 Å². The molecule has 162 valence electrons. The molecule has 0 radical (unpaired) electrons. The number of aromatic nitrogens is 1. The van der Waals surface area contributed by atoms with E-state index in [1.807, 2.05) is 16.7 Å². The van der Waals surface area contributed by atoms with Crippen molar-refractivity contribution in [2.24, 2.45) is 5.92 Å². The number of furan rings is 1. The first-order valence-electron chi connectivity index (χ1n) is 10.8. The van der Waals surface area contributed by atoms with Gasteiger partial charge in [0.2, 0.25) is 5.78 Å². The first kappa shape index (κ1) is 19.1. The van der Waals surface area contributed by atoms with Gasteiger partial charge in [-0.25, -0.2) is 0 Å². The molecule has 7 heteroatoms. The van der Waals surface area contributed by atoms with Crippen LogP contribution in [0.15, 0.2) is 63.7 Å². The van der Waals surface area contributed by atoms with Crippen molar-refractivity contribution < 1.29 is 19.1 Å². The molecule has 1 aromatic carbocycles. The van der Waals surface area contributed by atoms with E-state index in [2.05, 4.69) is 4.90 Å². The van der Waals surface area contributed by atoms with Crippen LogP contribution in [0.4, 0.5) is 0 Å². The number of ketones is 1. The molecular weight excluding hydrogens is 408 g/mol. The van der Waals surface area contributed by atoms with E-state index in [1.165, 1.54) is 6.26 Å². The number of ether oxygens (including phenoxy) is 1. The summed E-state index contributed by atoms with van der Waals surface area (Å²) in [4.78, 5) is 27.4. The van der Waals surface area contributed by atoms with Gasteiger partial charge in [-0.05, 0) is 42.7 Å². The van der Waals surface area contributed by atoms with Crippen molar-refractivity contribution in [2.45, 2.75) is 25.4 Å². The normalized spacial score (nSPS) is 23.1. The summed E-state index contributed by atoms with van der Waals surface area (Å²) in [6.45, 7) is 2.79. The highest BCUT2D eigenvalue weighted by molar-refractivity contribution is 6.14. The summed E-state index contributed by atoms with van der Waals surface area (Å²) >= 11 is 0. The number of phenols is 1. The van der Waals surface area contributed by atoms with Crippen LogP contribution in [0.1, 0.15) is 39.7 Å². The van der Waals surface area contributed by atoms with Gasteiger partial charge in [0, 0.05) is 49.9 Å². The first-order valence-corrected chi connectivity index (χ1v) is 10.8. The fourth-order valence-electron chi connectivity index (χ4n) is 5.30. The standard InChI is InChI=1S/C25H22N2O5/c28-21-7-6-18-24(30)22(10-17-3-2-8-31-17)32-25(18)19(21)14-26-11-15-9-16(13-26)20-4-1-5-23(29)27(20)12-15/h1-8,10,15-16,28H,9,11-14H2/b22-10-/t15-,16+/m1/s1. The van der Waals surface area contributed by atoms with Crippen LogP contribution in [0, 0.1) is 5.92 Å². The number of likely N-dealkylation sites (tertiary alicyclic amines) is 1. The van der Waals surface area contributed by atoms with Crippen LogP contribution in [-0.4, -0.2) is 33.4 Å². The smallest absolute Gasteiger partial charge is 0.250 e. The highest BCUT2D eigenvalue weighted by Gasteiger charge is 2.36. The monoisotopic (exact) mass is 430 g/mol. The van der Waals surface area contributed by atoms with E-state index in [-0.39, 0.29) is 28.8 Å². The van der Waals surface area contributed by atoms with E-state index < -0.39 is 0 Å². The molecule has 0 saturated carbocycles. The first-order chi connectivity index (χ1) is 15.6. The Bertz CT molecular complexity index is 1300. The number of rotatable bonds is 3. The van der Waals surface area contributed by atoms with Gasteiger partial charge in [-0.1, -0.05) is 6.07 Å². The minimum atomic E-state index is -0.221. The maximum atomic E-state index is 12.8. The third-order valence-electron chi connectivity index (χ3n) is 6.67. The molecule has 0 unspecified atom stereocenters. The van der Waals surface area contributed by atoms with E-state index in [9.17, 15) is 14.7 Å². The molecule has 2 aromatic heterocycles. The van der Waals surface area contributed by atoms with E-state index in [1.54, 1.807) is 36.4 Å². The molecule has 3 aliphatic heterocycles. The van der Waals surface area contributed by atoms with E-state index >= 15 is 0 Å². The maximum Gasteiger partial charge on any atom is 0.250 e. The van der Waals surface area contributed by atoms with Crippen LogP contribution < -0.4 is 10.3 Å². The summed E-state index contributed by atoms with van der Waals surface area (Å²) in [5, 5.41) is 10.6. The molecule has 5 heterocycles. The number of allylic oxidation sites excluding steroid dienone is 1. The van der Waals surface area contributed by atoms with Crippen molar-refractivity contribution >= 4 is 11.9 Å². The predicted octanol–water partition coefficient (Wildman–Crippen LogP) is 3.38. The third kappa shape index (κ3) is 3.08.